The lowest BCUT2D eigenvalue weighted by molar-refractivity contribution is -0.136. The summed E-state index contributed by atoms with van der Waals surface area (Å²) in [4.78, 5) is 12.6. The summed E-state index contributed by atoms with van der Waals surface area (Å²) in [7, 11) is 0. The average molecular weight is 314 g/mol. The highest BCUT2D eigenvalue weighted by molar-refractivity contribution is 7.12. The molecule has 0 atom stereocenters. The molecule has 3 nitrogen and oxygen atoms in total. The number of rotatable bonds is 3. The Morgan fingerprint density at radius 1 is 1.33 bits per heavy atom. The first-order valence-electron chi connectivity index (χ1n) is 6.17. The van der Waals surface area contributed by atoms with E-state index in [1.807, 2.05) is 13.0 Å². The number of hydrogen-bond acceptors (Lipinski definition) is 3. The highest BCUT2D eigenvalue weighted by Crippen LogP contribution is 2.35. The Morgan fingerprint density at radius 2 is 2.05 bits per heavy atom. The molecule has 2 aromatic rings. The zero-order valence-electron chi connectivity index (χ0n) is 11.1. The highest BCUT2D eigenvalue weighted by atomic mass is 32.1. The van der Waals surface area contributed by atoms with Gasteiger partial charge in [-0.3, -0.25) is 4.79 Å². The number of carbonyl (C=O) groups excluding carboxylic acids is 1. The van der Waals surface area contributed by atoms with Gasteiger partial charge in [0.05, 0.1) is 10.4 Å². The number of benzene rings is 1. The topological polar surface area (TPSA) is 55.1 Å². The van der Waals surface area contributed by atoms with Crippen LogP contribution in [0.3, 0.4) is 0 Å². The molecule has 1 amide bonds. The third-order valence-electron chi connectivity index (χ3n) is 2.95. The fourth-order valence-corrected chi connectivity index (χ4v) is 2.77. The zero-order chi connectivity index (χ0) is 15.6. The van der Waals surface area contributed by atoms with Crippen LogP contribution in [0.25, 0.3) is 0 Å². The van der Waals surface area contributed by atoms with Crippen LogP contribution < -0.4 is 11.1 Å². The standard InChI is InChI=1S/C14H13F3N2OS/c1-2-8-5-6-21-12(8)13(20)19-9-3-4-11(18)10(7-9)14(15,16)17/h3-7H,2,18H2,1H3,(H,19,20). The second kappa shape index (κ2) is 5.77. The quantitative estimate of drug-likeness (QED) is 0.836. The Hall–Kier alpha value is -2.02. The monoisotopic (exact) mass is 314 g/mol. The molecule has 3 N–H and O–H groups in total. The minimum Gasteiger partial charge on any atom is -0.398 e. The summed E-state index contributed by atoms with van der Waals surface area (Å²) in [6.07, 6.45) is -3.87. The number of nitrogens with one attached hydrogen (secondary N) is 1. The van der Waals surface area contributed by atoms with Crippen molar-refractivity contribution in [3.63, 3.8) is 0 Å². The predicted octanol–water partition coefficient (Wildman–Crippen LogP) is 4.16. The number of carbonyl (C=O) groups is 1. The Balaban J connectivity index is 2.26. The van der Waals surface area contributed by atoms with Gasteiger partial charge in [0, 0.05) is 11.4 Å². The first kappa shape index (κ1) is 15.4. The summed E-state index contributed by atoms with van der Waals surface area (Å²) in [5, 5.41) is 4.25. The lowest BCUT2D eigenvalue weighted by atomic mass is 10.1. The molecule has 0 bridgehead atoms. The van der Waals surface area contributed by atoms with Crippen LogP contribution in [0, 0.1) is 0 Å². The van der Waals surface area contributed by atoms with Gasteiger partial charge in [-0.25, -0.2) is 0 Å². The molecule has 0 spiro atoms. The zero-order valence-corrected chi connectivity index (χ0v) is 11.9. The van der Waals surface area contributed by atoms with E-state index in [4.69, 9.17) is 5.73 Å². The summed E-state index contributed by atoms with van der Waals surface area (Å²) >= 11 is 1.26. The fourth-order valence-electron chi connectivity index (χ4n) is 1.88. The Labute approximate surface area is 123 Å². The van der Waals surface area contributed by atoms with Crippen LogP contribution in [-0.4, -0.2) is 5.91 Å². The van der Waals surface area contributed by atoms with Gasteiger partial charge in [-0.15, -0.1) is 11.3 Å². The number of halogens is 3. The van der Waals surface area contributed by atoms with Crippen molar-refractivity contribution in [3.8, 4) is 0 Å². The van der Waals surface area contributed by atoms with Gasteiger partial charge in [-0.2, -0.15) is 13.2 Å². The normalized spacial score (nSPS) is 11.4. The molecule has 0 aliphatic heterocycles. The van der Waals surface area contributed by atoms with Gasteiger partial charge in [0.1, 0.15) is 0 Å². The molecule has 0 aliphatic carbocycles. The summed E-state index contributed by atoms with van der Waals surface area (Å²) in [5.41, 5.74) is 4.92. The molecule has 0 aliphatic rings. The number of aryl methyl sites for hydroxylation is 1. The van der Waals surface area contributed by atoms with Gasteiger partial charge < -0.3 is 11.1 Å². The molecular weight excluding hydrogens is 301 g/mol. The first-order valence-corrected chi connectivity index (χ1v) is 7.05. The molecule has 1 aromatic carbocycles. The second-order valence-corrected chi connectivity index (χ2v) is 5.30. The SMILES string of the molecule is CCc1ccsc1C(=O)Nc1ccc(N)c(C(F)(F)F)c1. The summed E-state index contributed by atoms with van der Waals surface area (Å²) in [6.45, 7) is 1.91. The number of anilines is 2. The number of alkyl halides is 3. The fraction of sp³-hybridized carbons (Fsp3) is 0.214. The van der Waals surface area contributed by atoms with E-state index >= 15 is 0 Å². The van der Waals surface area contributed by atoms with Crippen LogP contribution >= 0.6 is 11.3 Å². The lowest BCUT2D eigenvalue weighted by Gasteiger charge is -2.12. The van der Waals surface area contributed by atoms with E-state index in [-0.39, 0.29) is 11.4 Å². The molecule has 0 saturated carbocycles. The van der Waals surface area contributed by atoms with Crippen LogP contribution in [-0.2, 0) is 12.6 Å². The maximum Gasteiger partial charge on any atom is 0.418 e. The van der Waals surface area contributed by atoms with E-state index in [0.29, 0.717) is 11.3 Å². The van der Waals surface area contributed by atoms with Crippen molar-refractivity contribution >= 4 is 28.6 Å². The minimum atomic E-state index is -4.55. The Morgan fingerprint density at radius 3 is 2.67 bits per heavy atom. The summed E-state index contributed by atoms with van der Waals surface area (Å²) in [6, 6.07) is 5.14. The average Bonchev–Trinajstić information content (AvgIpc) is 2.88. The third kappa shape index (κ3) is 3.36. The number of thiophene rings is 1. The summed E-state index contributed by atoms with van der Waals surface area (Å²) in [5.74, 6) is -0.417. The Bertz CT molecular complexity index is 664. The Kier molecular flexibility index (Phi) is 4.22. The van der Waals surface area contributed by atoms with E-state index in [0.717, 1.165) is 17.7 Å². The molecule has 21 heavy (non-hydrogen) atoms. The van der Waals surface area contributed by atoms with Crippen molar-refractivity contribution in [2.45, 2.75) is 19.5 Å². The minimum absolute atomic E-state index is 0.0666. The lowest BCUT2D eigenvalue weighted by Crippen LogP contribution is -2.14. The van der Waals surface area contributed by atoms with Gasteiger partial charge in [0.15, 0.2) is 0 Å². The molecule has 2 rings (SSSR count). The van der Waals surface area contributed by atoms with Crippen molar-refractivity contribution in [3.05, 3.63) is 45.6 Å². The number of nitrogen functional groups attached to an aromatic ring is 1. The molecule has 1 heterocycles. The van der Waals surface area contributed by atoms with Crippen molar-refractivity contribution in [1.82, 2.24) is 0 Å². The number of hydrogen-bond donors (Lipinski definition) is 2. The van der Waals surface area contributed by atoms with E-state index in [9.17, 15) is 18.0 Å². The number of nitrogens with two attached hydrogens (primary N) is 1. The van der Waals surface area contributed by atoms with Crippen molar-refractivity contribution < 1.29 is 18.0 Å². The predicted molar refractivity (Wildman–Crippen MR) is 77.5 cm³/mol. The van der Waals surface area contributed by atoms with Crippen molar-refractivity contribution in [1.29, 1.82) is 0 Å². The van der Waals surface area contributed by atoms with Crippen LogP contribution in [0.15, 0.2) is 29.6 Å². The molecule has 112 valence electrons. The van der Waals surface area contributed by atoms with E-state index in [1.54, 1.807) is 5.38 Å². The van der Waals surface area contributed by atoms with Crippen molar-refractivity contribution in [2.24, 2.45) is 0 Å². The molecule has 0 fully saturated rings. The number of amides is 1. The van der Waals surface area contributed by atoms with E-state index < -0.39 is 17.6 Å². The van der Waals surface area contributed by atoms with Gasteiger partial charge >= 0.3 is 6.18 Å². The molecule has 7 heteroatoms. The smallest absolute Gasteiger partial charge is 0.398 e. The highest BCUT2D eigenvalue weighted by Gasteiger charge is 2.33. The maximum atomic E-state index is 12.8. The van der Waals surface area contributed by atoms with Crippen molar-refractivity contribution in [2.75, 3.05) is 11.1 Å². The molecule has 0 unspecified atom stereocenters. The third-order valence-corrected chi connectivity index (χ3v) is 3.91. The molecule has 0 radical (unpaired) electrons. The summed E-state index contributed by atoms with van der Waals surface area (Å²) < 4.78 is 38.3. The largest absolute Gasteiger partial charge is 0.418 e. The van der Waals surface area contributed by atoms with Gasteiger partial charge in [-0.1, -0.05) is 6.92 Å². The van der Waals surface area contributed by atoms with Crippen LogP contribution in [0.4, 0.5) is 24.5 Å². The first-order chi connectivity index (χ1) is 9.82. The van der Waals surface area contributed by atoms with Gasteiger partial charge in [0.2, 0.25) is 0 Å². The second-order valence-electron chi connectivity index (χ2n) is 4.38. The molecular formula is C14H13F3N2OS. The molecule has 0 saturated heterocycles. The maximum absolute atomic E-state index is 12.8. The van der Waals surface area contributed by atoms with Gasteiger partial charge in [0.25, 0.3) is 5.91 Å². The van der Waals surface area contributed by atoms with Crippen LogP contribution in [0.5, 0.6) is 0 Å². The van der Waals surface area contributed by atoms with Crippen LogP contribution in [0.1, 0.15) is 27.7 Å². The van der Waals surface area contributed by atoms with E-state index in [1.165, 1.54) is 17.4 Å². The van der Waals surface area contributed by atoms with Crippen LogP contribution in [0.2, 0.25) is 0 Å². The molecule has 1 aromatic heterocycles. The van der Waals surface area contributed by atoms with E-state index in [2.05, 4.69) is 5.32 Å². The van der Waals surface area contributed by atoms with Gasteiger partial charge in [-0.05, 0) is 41.6 Å².